The molecular weight excluding hydrogens is 226 g/mol. The highest BCUT2D eigenvalue weighted by atomic mass is 35.5. The summed E-state index contributed by atoms with van der Waals surface area (Å²) in [6.45, 7) is 5.14. The zero-order valence-electron chi connectivity index (χ0n) is 9.62. The Labute approximate surface area is 100 Å². The van der Waals surface area contributed by atoms with E-state index in [9.17, 15) is 4.79 Å². The van der Waals surface area contributed by atoms with E-state index in [0.29, 0.717) is 5.02 Å². The van der Waals surface area contributed by atoms with Crippen LogP contribution in [0.1, 0.15) is 26.3 Å². The third kappa shape index (κ3) is 2.06. The number of carbonyl (C=O) groups is 1. The number of carboxylic acid groups (broad SMARTS) is 1. The van der Waals surface area contributed by atoms with Gasteiger partial charge >= 0.3 is 5.97 Å². The lowest BCUT2D eigenvalue weighted by atomic mass is 9.69. The minimum Gasteiger partial charge on any atom is -0.480 e. The van der Waals surface area contributed by atoms with Gasteiger partial charge in [0, 0.05) is 10.4 Å². The van der Waals surface area contributed by atoms with Gasteiger partial charge in [-0.1, -0.05) is 37.6 Å². The van der Waals surface area contributed by atoms with Crippen LogP contribution in [-0.4, -0.2) is 16.6 Å². The highest BCUT2D eigenvalue weighted by Gasteiger charge is 2.45. The van der Waals surface area contributed by atoms with Gasteiger partial charge in [0.05, 0.1) is 0 Å². The highest BCUT2D eigenvalue weighted by molar-refractivity contribution is 6.30. The van der Waals surface area contributed by atoms with Crippen LogP contribution in [0.5, 0.6) is 0 Å². The minimum atomic E-state index is -1.33. The molecule has 0 aliphatic heterocycles. The van der Waals surface area contributed by atoms with Gasteiger partial charge in [0.2, 0.25) is 0 Å². The normalized spacial score (nSPS) is 15.6. The van der Waals surface area contributed by atoms with E-state index in [2.05, 4.69) is 0 Å². The van der Waals surface area contributed by atoms with Crippen molar-refractivity contribution in [2.24, 2.45) is 5.73 Å². The molecule has 0 fully saturated rings. The molecule has 16 heavy (non-hydrogen) atoms. The lowest BCUT2D eigenvalue weighted by molar-refractivity contribution is -0.145. The van der Waals surface area contributed by atoms with Crippen LogP contribution >= 0.6 is 11.6 Å². The first-order chi connectivity index (χ1) is 7.19. The molecule has 0 saturated carbocycles. The quantitative estimate of drug-likeness (QED) is 0.854. The van der Waals surface area contributed by atoms with Crippen molar-refractivity contribution in [3.8, 4) is 0 Å². The maximum Gasteiger partial charge on any atom is 0.324 e. The van der Waals surface area contributed by atoms with E-state index in [-0.39, 0.29) is 0 Å². The van der Waals surface area contributed by atoms with Crippen LogP contribution < -0.4 is 5.73 Å². The minimum absolute atomic E-state index is 0.619. The second-order valence-corrected chi connectivity index (χ2v) is 5.08. The van der Waals surface area contributed by atoms with Crippen molar-refractivity contribution in [3.63, 3.8) is 0 Å². The molecule has 1 aromatic carbocycles. The molecule has 1 atom stereocenters. The monoisotopic (exact) mass is 241 g/mol. The van der Waals surface area contributed by atoms with Crippen molar-refractivity contribution in [2.75, 3.05) is 0 Å². The Hall–Kier alpha value is -1.06. The highest BCUT2D eigenvalue weighted by Crippen LogP contribution is 2.33. The van der Waals surface area contributed by atoms with Crippen molar-refractivity contribution in [1.82, 2.24) is 0 Å². The first-order valence-corrected chi connectivity index (χ1v) is 5.35. The zero-order valence-corrected chi connectivity index (χ0v) is 10.4. The van der Waals surface area contributed by atoms with Crippen LogP contribution in [-0.2, 0) is 10.2 Å². The smallest absolute Gasteiger partial charge is 0.324 e. The summed E-state index contributed by atoms with van der Waals surface area (Å²) in [5.74, 6) is -1.02. The Bertz CT molecular complexity index is 396. The molecule has 0 aliphatic rings. The van der Waals surface area contributed by atoms with E-state index in [1.807, 2.05) is 13.8 Å². The number of halogens is 1. The molecule has 0 aliphatic carbocycles. The standard InChI is InChI=1S/C12H16ClNO2/c1-11(2,12(3,14)10(15)16)8-4-6-9(13)7-5-8/h4-7H,14H2,1-3H3,(H,15,16). The van der Waals surface area contributed by atoms with Crippen LogP contribution in [0.4, 0.5) is 0 Å². The van der Waals surface area contributed by atoms with E-state index in [1.165, 1.54) is 6.92 Å². The molecule has 0 saturated heterocycles. The van der Waals surface area contributed by atoms with Crippen LogP contribution in [0, 0.1) is 0 Å². The van der Waals surface area contributed by atoms with Gasteiger partial charge in [-0.3, -0.25) is 4.79 Å². The van der Waals surface area contributed by atoms with Gasteiger partial charge in [0.1, 0.15) is 5.54 Å². The summed E-state index contributed by atoms with van der Waals surface area (Å²) >= 11 is 5.79. The number of hydrogen-bond donors (Lipinski definition) is 2. The van der Waals surface area contributed by atoms with Crippen molar-refractivity contribution in [2.45, 2.75) is 31.7 Å². The molecule has 0 radical (unpaired) electrons. The van der Waals surface area contributed by atoms with Gasteiger partial charge < -0.3 is 10.8 Å². The average molecular weight is 242 g/mol. The summed E-state index contributed by atoms with van der Waals surface area (Å²) in [6, 6.07) is 7.07. The Kier molecular flexibility index (Phi) is 3.31. The topological polar surface area (TPSA) is 63.3 Å². The molecule has 1 aromatic rings. The summed E-state index contributed by atoms with van der Waals surface area (Å²) in [7, 11) is 0. The fraction of sp³-hybridized carbons (Fsp3) is 0.417. The molecule has 0 aromatic heterocycles. The molecule has 88 valence electrons. The van der Waals surface area contributed by atoms with Crippen molar-refractivity contribution in [1.29, 1.82) is 0 Å². The van der Waals surface area contributed by atoms with Crippen LogP contribution in [0.2, 0.25) is 5.02 Å². The van der Waals surface area contributed by atoms with Crippen LogP contribution in [0.15, 0.2) is 24.3 Å². The number of aliphatic carboxylic acids is 1. The number of hydrogen-bond acceptors (Lipinski definition) is 2. The molecule has 3 N–H and O–H groups in total. The summed E-state index contributed by atoms with van der Waals surface area (Å²) in [5, 5.41) is 9.76. The fourth-order valence-corrected chi connectivity index (χ4v) is 1.56. The molecule has 3 nitrogen and oxygen atoms in total. The third-order valence-corrected chi connectivity index (χ3v) is 3.56. The van der Waals surface area contributed by atoms with Crippen LogP contribution in [0.25, 0.3) is 0 Å². The molecule has 1 rings (SSSR count). The lowest BCUT2D eigenvalue weighted by Gasteiger charge is -2.38. The number of rotatable bonds is 3. The Morgan fingerprint density at radius 2 is 1.69 bits per heavy atom. The molecular formula is C12H16ClNO2. The van der Waals surface area contributed by atoms with Crippen molar-refractivity contribution < 1.29 is 9.90 Å². The summed E-state index contributed by atoms with van der Waals surface area (Å²) < 4.78 is 0. The van der Waals surface area contributed by atoms with Gasteiger partial charge in [-0.05, 0) is 24.6 Å². The maximum absolute atomic E-state index is 11.2. The summed E-state index contributed by atoms with van der Waals surface area (Å²) in [6.07, 6.45) is 0. The second-order valence-electron chi connectivity index (χ2n) is 4.64. The molecule has 1 unspecified atom stereocenters. The van der Waals surface area contributed by atoms with Gasteiger partial charge in [-0.25, -0.2) is 0 Å². The van der Waals surface area contributed by atoms with E-state index in [4.69, 9.17) is 22.4 Å². The SMILES string of the molecule is CC(N)(C(=O)O)C(C)(C)c1ccc(Cl)cc1. The van der Waals surface area contributed by atoms with Gasteiger partial charge in [-0.2, -0.15) is 0 Å². The van der Waals surface area contributed by atoms with Crippen molar-refractivity contribution in [3.05, 3.63) is 34.9 Å². The predicted molar refractivity (Wildman–Crippen MR) is 64.7 cm³/mol. The largest absolute Gasteiger partial charge is 0.480 e. The lowest BCUT2D eigenvalue weighted by Crippen LogP contribution is -2.58. The van der Waals surface area contributed by atoms with E-state index >= 15 is 0 Å². The Morgan fingerprint density at radius 3 is 2.06 bits per heavy atom. The number of benzene rings is 1. The molecule has 0 spiro atoms. The maximum atomic E-state index is 11.2. The van der Waals surface area contributed by atoms with Gasteiger partial charge in [-0.15, -0.1) is 0 Å². The summed E-state index contributed by atoms with van der Waals surface area (Å²) in [5.41, 5.74) is 4.72. The second kappa shape index (κ2) is 4.07. The van der Waals surface area contributed by atoms with Crippen LogP contribution in [0.3, 0.4) is 0 Å². The molecule has 0 amide bonds. The average Bonchev–Trinajstić information content (AvgIpc) is 2.17. The van der Waals surface area contributed by atoms with Gasteiger partial charge in [0.25, 0.3) is 0 Å². The number of carboxylic acids is 1. The summed E-state index contributed by atoms with van der Waals surface area (Å²) in [4.78, 5) is 11.2. The Morgan fingerprint density at radius 1 is 1.25 bits per heavy atom. The first kappa shape index (κ1) is 13.0. The van der Waals surface area contributed by atoms with Gasteiger partial charge in [0.15, 0.2) is 0 Å². The number of nitrogens with two attached hydrogens (primary N) is 1. The fourth-order valence-electron chi connectivity index (χ4n) is 1.43. The third-order valence-electron chi connectivity index (χ3n) is 3.31. The zero-order chi connectivity index (χ0) is 12.6. The van der Waals surface area contributed by atoms with E-state index in [0.717, 1.165) is 5.56 Å². The van der Waals surface area contributed by atoms with E-state index in [1.54, 1.807) is 24.3 Å². The predicted octanol–water partition coefficient (Wildman–Crippen LogP) is 2.42. The van der Waals surface area contributed by atoms with Crippen molar-refractivity contribution >= 4 is 17.6 Å². The first-order valence-electron chi connectivity index (χ1n) is 4.98. The molecule has 0 bridgehead atoms. The van der Waals surface area contributed by atoms with E-state index < -0.39 is 16.9 Å². The molecule has 0 heterocycles. The Balaban J connectivity index is 3.20. The molecule has 4 heteroatoms.